The maximum absolute atomic E-state index is 11.9. The molecule has 2 rings (SSSR count). The summed E-state index contributed by atoms with van der Waals surface area (Å²) < 4.78 is 5.30. The summed E-state index contributed by atoms with van der Waals surface area (Å²) >= 11 is 0. The fourth-order valence-electron chi connectivity index (χ4n) is 2.60. The number of aromatic hydroxyl groups is 1. The number of carbonyl (C=O) groups is 2. The number of hydrogen-bond acceptors (Lipinski definition) is 5. The number of hydrogen-bond donors (Lipinski definition) is 3. The maximum atomic E-state index is 11.9. The number of benzene rings is 2. The molecule has 0 aliphatic carbocycles. The van der Waals surface area contributed by atoms with E-state index in [1.165, 1.54) is 12.3 Å². The first-order valence-electron chi connectivity index (χ1n) is 9.71. The Labute approximate surface area is 170 Å². The normalized spacial score (nSPS) is 10.7. The number of phenols is 1. The number of rotatable bonds is 11. The van der Waals surface area contributed by atoms with Crippen molar-refractivity contribution in [3.05, 3.63) is 59.7 Å². The summed E-state index contributed by atoms with van der Waals surface area (Å²) in [5.74, 6) is 0.188. The molecule has 0 aliphatic heterocycles. The van der Waals surface area contributed by atoms with Crippen LogP contribution in [0.5, 0.6) is 11.5 Å². The van der Waals surface area contributed by atoms with Crippen molar-refractivity contribution in [2.45, 2.75) is 32.6 Å². The highest BCUT2D eigenvalue weighted by molar-refractivity contribution is 5.94. The smallest absolute Gasteiger partial charge is 0.251 e. The maximum Gasteiger partial charge on any atom is 0.251 e. The molecule has 0 atom stereocenters. The zero-order chi connectivity index (χ0) is 20.9. The first-order valence-corrected chi connectivity index (χ1v) is 9.71. The van der Waals surface area contributed by atoms with Crippen molar-refractivity contribution in [3.63, 3.8) is 0 Å². The Balaban J connectivity index is 1.59. The van der Waals surface area contributed by atoms with E-state index in [1.807, 2.05) is 25.1 Å². The quantitative estimate of drug-likeness (QED) is 0.308. The van der Waals surface area contributed by atoms with Crippen molar-refractivity contribution < 1.29 is 19.4 Å². The molecule has 0 aromatic heterocycles. The van der Waals surface area contributed by atoms with Crippen LogP contribution < -0.4 is 15.5 Å². The summed E-state index contributed by atoms with van der Waals surface area (Å²) in [5.41, 5.74) is 3.84. The van der Waals surface area contributed by atoms with Crippen LogP contribution in [0.4, 0.5) is 0 Å². The molecule has 7 nitrogen and oxygen atoms in total. The van der Waals surface area contributed by atoms with Crippen molar-refractivity contribution in [3.8, 4) is 11.5 Å². The Hall–Kier alpha value is -3.35. The van der Waals surface area contributed by atoms with Crippen LogP contribution in [0, 0.1) is 0 Å². The van der Waals surface area contributed by atoms with Gasteiger partial charge in [0.05, 0.1) is 12.8 Å². The van der Waals surface area contributed by atoms with Crippen LogP contribution in [0.1, 0.15) is 48.5 Å². The van der Waals surface area contributed by atoms with Gasteiger partial charge in [0.15, 0.2) is 11.5 Å². The van der Waals surface area contributed by atoms with Gasteiger partial charge in [-0.15, -0.1) is 0 Å². The average molecular weight is 397 g/mol. The molecule has 2 amide bonds. The first-order chi connectivity index (χ1) is 14.1. The number of carbonyl (C=O) groups excluding carboxylic acids is 2. The number of ether oxygens (including phenoxy) is 1. The predicted molar refractivity (Wildman–Crippen MR) is 112 cm³/mol. The molecule has 29 heavy (non-hydrogen) atoms. The van der Waals surface area contributed by atoms with E-state index in [0.717, 1.165) is 19.3 Å². The van der Waals surface area contributed by atoms with Crippen LogP contribution in [0.2, 0.25) is 0 Å². The third kappa shape index (κ3) is 8.04. The average Bonchev–Trinajstić information content (AvgIpc) is 2.73. The first kappa shape index (κ1) is 21.9. The second-order valence-electron chi connectivity index (χ2n) is 6.39. The van der Waals surface area contributed by atoms with Gasteiger partial charge in [0.2, 0.25) is 5.91 Å². The van der Waals surface area contributed by atoms with Gasteiger partial charge >= 0.3 is 0 Å². The Morgan fingerprint density at radius 2 is 1.90 bits per heavy atom. The molecule has 7 heteroatoms. The molecule has 0 saturated carbocycles. The standard InChI is InChI=1S/C22H27N3O4/c1-2-29-20-15-17(12-13-19(20)26)16-24-25-21(27)11-7-4-8-14-23-22(28)18-9-5-3-6-10-18/h3,5-6,9-10,12-13,15-16,26H,2,4,7-8,11,14H2,1H3,(H,23,28)(H,25,27)/b24-16+. The summed E-state index contributed by atoms with van der Waals surface area (Å²) in [5, 5.41) is 16.5. The van der Waals surface area contributed by atoms with E-state index in [9.17, 15) is 14.7 Å². The van der Waals surface area contributed by atoms with E-state index in [1.54, 1.807) is 24.3 Å². The predicted octanol–water partition coefficient (Wildman–Crippen LogP) is 3.23. The highest BCUT2D eigenvalue weighted by Crippen LogP contribution is 2.26. The number of amides is 2. The zero-order valence-electron chi connectivity index (χ0n) is 16.6. The molecule has 0 spiro atoms. The number of nitrogens with one attached hydrogen (secondary N) is 2. The largest absolute Gasteiger partial charge is 0.504 e. The summed E-state index contributed by atoms with van der Waals surface area (Å²) in [6.07, 6.45) is 4.23. The highest BCUT2D eigenvalue weighted by atomic mass is 16.5. The van der Waals surface area contributed by atoms with Crippen LogP contribution in [-0.4, -0.2) is 36.3 Å². The molecule has 154 valence electrons. The van der Waals surface area contributed by atoms with E-state index in [2.05, 4.69) is 15.8 Å². The van der Waals surface area contributed by atoms with Crippen LogP contribution in [-0.2, 0) is 4.79 Å². The van der Waals surface area contributed by atoms with Crippen LogP contribution in [0.3, 0.4) is 0 Å². The number of hydrazone groups is 1. The van der Waals surface area contributed by atoms with Gasteiger partial charge in [0.1, 0.15) is 0 Å². The molecule has 0 saturated heterocycles. The molecule has 2 aromatic rings. The SMILES string of the molecule is CCOc1cc(/C=N/NC(=O)CCCCCNC(=O)c2ccccc2)ccc1O. The van der Waals surface area contributed by atoms with Gasteiger partial charge in [0, 0.05) is 18.5 Å². The number of nitrogens with zero attached hydrogens (tertiary/aromatic N) is 1. The van der Waals surface area contributed by atoms with Gasteiger partial charge in [-0.2, -0.15) is 5.10 Å². The fourth-order valence-corrected chi connectivity index (χ4v) is 2.60. The summed E-state index contributed by atoms with van der Waals surface area (Å²) in [6, 6.07) is 13.9. The zero-order valence-corrected chi connectivity index (χ0v) is 16.6. The van der Waals surface area contributed by atoms with E-state index >= 15 is 0 Å². The van der Waals surface area contributed by atoms with Gasteiger partial charge in [-0.3, -0.25) is 9.59 Å². The lowest BCUT2D eigenvalue weighted by Crippen LogP contribution is -2.24. The lowest BCUT2D eigenvalue weighted by molar-refractivity contribution is -0.121. The summed E-state index contributed by atoms with van der Waals surface area (Å²) in [4.78, 5) is 23.7. The van der Waals surface area contributed by atoms with Crippen molar-refractivity contribution in [2.24, 2.45) is 5.10 Å². The topological polar surface area (TPSA) is 100 Å². The number of phenolic OH excluding ortho intramolecular Hbond substituents is 1. The van der Waals surface area contributed by atoms with Crippen molar-refractivity contribution in [1.82, 2.24) is 10.7 Å². The highest BCUT2D eigenvalue weighted by Gasteiger charge is 2.04. The molecule has 0 fully saturated rings. The Morgan fingerprint density at radius 1 is 1.10 bits per heavy atom. The van der Waals surface area contributed by atoms with E-state index in [4.69, 9.17) is 4.74 Å². The van der Waals surface area contributed by atoms with Gasteiger partial charge in [-0.25, -0.2) is 5.43 Å². The minimum Gasteiger partial charge on any atom is -0.504 e. The van der Waals surface area contributed by atoms with E-state index in [0.29, 0.717) is 36.4 Å². The van der Waals surface area contributed by atoms with Crippen molar-refractivity contribution >= 4 is 18.0 Å². The van der Waals surface area contributed by atoms with Crippen molar-refractivity contribution in [1.29, 1.82) is 0 Å². The van der Waals surface area contributed by atoms with Crippen LogP contribution >= 0.6 is 0 Å². The Morgan fingerprint density at radius 3 is 2.66 bits per heavy atom. The molecule has 0 unspecified atom stereocenters. The fraction of sp³-hybridized carbons (Fsp3) is 0.318. The molecule has 3 N–H and O–H groups in total. The van der Waals surface area contributed by atoms with E-state index < -0.39 is 0 Å². The van der Waals surface area contributed by atoms with Gasteiger partial charge in [-0.05, 0) is 55.7 Å². The van der Waals surface area contributed by atoms with E-state index in [-0.39, 0.29) is 17.6 Å². The molecule has 0 heterocycles. The third-order valence-electron chi connectivity index (χ3n) is 4.09. The lowest BCUT2D eigenvalue weighted by atomic mass is 10.2. The van der Waals surface area contributed by atoms with Gasteiger partial charge in [-0.1, -0.05) is 24.6 Å². The number of unbranched alkanes of at least 4 members (excludes halogenated alkanes) is 2. The molecular weight excluding hydrogens is 370 g/mol. The molecule has 0 bridgehead atoms. The minimum atomic E-state index is -0.168. The summed E-state index contributed by atoms with van der Waals surface area (Å²) in [7, 11) is 0. The van der Waals surface area contributed by atoms with Crippen LogP contribution in [0.15, 0.2) is 53.6 Å². The second-order valence-corrected chi connectivity index (χ2v) is 6.39. The van der Waals surface area contributed by atoms with Gasteiger partial charge in [0.25, 0.3) is 5.91 Å². The third-order valence-corrected chi connectivity index (χ3v) is 4.09. The van der Waals surface area contributed by atoms with Crippen LogP contribution in [0.25, 0.3) is 0 Å². The molecule has 0 aliphatic rings. The second kappa shape index (κ2) is 12.2. The lowest BCUT2D eigenvalue weighted by Gasteiger charge is -2.06. The molecule has 0 radical (unpaired) electrons. The summed E-state index contributed by atoms with van der Waals surface area (Å²) in [6.45, 7) is 2.86. The Kier molecular flexibility index (Phi) is 9.21. The van der Waals surface area contributed by atoms with Gasteiger partial charge < -0.3 is 15.2 Å². The minimum absolute atomic E-state index is 0.0630. The van der Waals surface area contributed by atoms with Crippen molar-refractivity contribution in [2.75, 3.05) is 13.2 Å². The monoisotopic (exact) mass is 397 g/mol. The molecular formula is C22H27N3O4. The Bertz CT molecular complexity index is 822. The molecule has 2 aromatic carbocycles.